The zero-order valence-electron chi connectivity index (χ0n) is 13.2. The maximum atomic E-state index is 11.8. The number of carbonyl (C=O) groups is 1. The summed E-state index contributed by atoms with van der Waals surface area (Å²) >= 11 is 0. The van der Waals surface area contributed by atoms with Crippen LogP contribution in [0.4, 0.5) is 10.5 Å². The minimum atomic E-state index is -0.181. The molecule has 0 saturated heterocycles. The molecule has 1 aromatic carbocycles. The minimum absolute atomic E-state index is 0.181. The summed E-state index contributed by atoms with van der Waals surface area (Å²) in [4.78, 5) is 11.8. The van der Waals surface area contributed by atoms with Gasteiger partial charge in [-0.15, -0.1) is 0 Å². The molecule has 0 bridgehead atoms. The van der Waals surface area contributed by atoms with Crippen LogP contribution in [0.15, 0.2) is 24.3 Å². The molecule has 0 aliphatic carbocycles. The van der Waals surface area contributed by atoms with Crippen LogP contribution in [0.3, 0.4) is 0 Å². The van der Waals surface area contributed by atoms with Crippen molar-refractivity contribution < 1.29 is 9.53 Å². The summed E-state index contributed by atoms with van der Waals surface area (Å²) in [5, 5.41) is 8.85. The number of ether oxygens (including phenoxy) is 1. The highest BCUT2D eigenvalue weighted by Gasteiger charge is 2.05. The van der Waals surface area contributed by atoms with Crippen molar-refractivity contribution in [1.82, 2.24) is 10.6 Å². The fourth-order valence-corrected chi connectivity index (χ4v) is 1.85. The SMILES string of the molecule is CCCOCCCNC(=O)Nc1cccc(C(C)NC)c1. The van der Waals surface area contributed by atoms with Gasteiger partial charge in [0.05, 0.1) is 0 Å². The lowest BCUT2D eigenvalue weighted by Crippen LogP contribution is -2.30. The van der Waals surface area contributed by atoms with Crippen LogP contribution in [0.25, 0.3) is 0 Å². The van der Waals surface area contributed by atoms with E-state index in [-0.39, 0.29) is 12.1 Å². The molecule has 0 aliphatic rings. The average molecular weight is 293 g/mol. The molecule has 3 N–H and O–H groups in total. The van der Waals surface area contributed by atoms with Gasteiger partial charge >= 0.3 is 6.03 Å². The van der Waals surface area contributed by atoms with Crippen molar-refractivity contribution in [2.45, 2.75) is 32.7 Å². The maximum absolute atomic E-state index is 11.8. The molecule has 2 amide bonds. The Morgan fingerprint density at radius 1 is 1.33 bits per heavy atom. The second kappa shape index (κ2) is 10.2. The first-order valence-electron chi connectivity index (χ1n) is 7.57. The third-order valence-electron chi connectivity index (χ3n) is 3.18. The average Bonchev–Trinajstić information content (AvgIpc) is 2.50. The Balaban J connectivity index is 2.31. The van der Waals surface area contributed by atoms with E-state index in [2.05, 4.69) is 29.8 Å². The number of nitrogens with one attached hydrogen (secondary N) is 3. The van der Waals surface area contributed by atoms with Gasteiger partial charge in [-0.2, -0.15) is 0 Å². The highest BCUT2D eigenvalue weighted by molar-refractivity contribution is 5.89. The number of benzene rings is 1. The van der Waals surface area contributed by atoms with Crippen LogP contribution in [0.2, 0.25) is 0 Å². The van der Waals surface area contributed by atoms with Gasteiger partial charge in [0.1, 0.15) is 0 Å². The zero-order chi connectivity index (χ0) is 15.5. The Labute approximate surface area is 127 Å². The van der Waals surface area contributed by atoms with E-state index < -0.39 is 0 Å². The van der Waals surface area contributed by atoms with E-state index >= 15 is 0 Å². The van der Waals surface area contributed by atoms with Gasteiger partial charge in [-0.3, -0.25) is 0 Å². The molecule has 1 rings (SSSR count). The fraction of sp³-hybridized carbons (Fsp3) is 0.562. The first-order valence-corrected chi connectivity index (χ1v) is 7.57. The van der Waals surface area contributed by atoms with Crippen LogP contribution in [0.5, 0.6) is 0 Å². The van der Waals surface area contributed by atoms with Crippen molar-refractivity contribution in [3.63, 3.8) is 0 Å². The van der Waals surface area contributed by atoms with Crippen molar-refractivity contribution in [3.05, 3.63) is 29.8 Å². The zero-order valence-corrected chi connectivity index (χ0v) is 13.2. The Morgan fingerprint density at radius 2 is 2.14 bits per heavy atom. The molecule has 21 heavy (non-hydrogen) atoms. The Morgan fingerprint density at radius 3 is 2.86 bits per heavy atom. The molecule has 0 aromatic heterocycles. The number of anilines is 1. The molecule has 118 valence electrons. The number of carbonyl (C=O) groups excluding carboxylic acids is 1. The predicted molar refractivity (Wildman–Crippen MR) is 86.7 cm³/mol. The molecule has 0 spiro atoms. The third-order valence-corrected chi connectivity index (χ3v) is 3.18. The van der Waals surface area contributed by atoms with E-state index in [4.69, 9.17) is 4.74 Å². The smallest absolute Gasteiger partial charge is 0.319 e. The Bertz CT molecular complexity index is 424. The van der Waals surface area contributed by atoms with Crippen LogP contribution < -0.4 is 16.0 Å². The monoisotopic (exact) mass is 293 g/mol. The topological polar surface area (TPSA) is 62.4 Å². The first-order chi connectivity index (χ1) is 10.2. The van der Waals surface area contributed by atoms with Crippen molar-refractivity contribution in [1.29, 1.82) is 0 Å². The molecule has 0 fully saturated rings. The molecule has 1 aromatic rings. The van der Waals surface area contributed by atoms with Crippen molar-refractivity contribution in [3.8, 4) is 0 Å². The van der Waals surface area contributed by atoms with Gasteiger partial charge in [-0.25, -0.2) is 4.79 Å². The molecule has 5 heteroatoms. The van der Waals surface area contributed by atoms with Gasteiger partial charge in [0, 0.05) is 31.5 Å². The molecule has 0 radical (unpaired) electrons. The molecule has 5 nitrogen and oxygen atoms in total. The minimum Gasteiger partial charge on any atom is -0.381 e. The summed E-state index contributed by atoms with van der Waals surface area (Å²) in [6.45, 7) is 6.23. The summed E-state index contributed by atoms with van der Waals surface area (Å²) in [6.07, 6.45) is 1.85. The third kappa shape index (κ3) is 7.11. The summed E-state index contributed by atoms with van der Waals surface area (Å²) in [6, 6.07) is 7.92. The van der Waals surface area contributed by atoms with Crippen LogP contribution in [-0.4, -0.2) is 32.8 Å². The van der Waals surface area contributed by atoms with Crippen LogP contribution in [0, 0.1) is 0 Å². The lowest BCUT2D eigenvalue weighted by Gasteiger charge is -2.13. The van der Waals surface area contributed by atoms with Crippen LogP contribution in [-0.2, 0) is 4.74 Å². The second-order valence-electron chi connectivity index (χ2n) is 4.98. The summed E-state index contributed by atoms with van der Waals surface area (Å²) in [5.74, 6) is 0. The van der Waals surface area contributed by atoms with Crippen LogP contribution in [0.1, 0.15) is 38.3 Å². The summed E-state index contributed by atoms with van der Waals surface area (Å²) in [7, 11) is 1.91. The van der Waals surface area contributed by atoms with Gasteiger partial charge in [0.15, 0.2) is 0 Å². The number of rotatable bonds is 9. The van der Waals surface area contributed by atoms with Gasteiger partial charge < -0.3 is 20.7 Å². The van der Waals surface area contributed by atoms with E-state index in [1.807, 2.05) is 31.3 Å². The van der Waals surface area contributed by atoms with Gasteiger partial charge in [0.25, 0.3) is 0 Å². The first kappa shape index (κ1) is 17.5. The molecule has 0 saturated carbocycles. The van der Waals surface area contributed by atoms with Gasteiger partial charge in [0.2, 0.25) is 0 Å². The molecule has 0 heterocycles. The number of hydrogen-bond donors (Lipinski definition) is 3. The quantitative estimate of drug-likeness (QED) is 0.613. The largest absolute Gasteiger partial charge is 0.381 e. The lowest BCUT2D eigenvalue weighted by molar-refractivity contribution is 0.132. The number of urea groups is 1. The molecule has 1 unspecified atom stereocenters. The lowest BCUT2D eigenvalue weighted by atomic mass is 10.1. The molecular formula is C16H27N3O2. The fourth-order valence-electron chi connectivity index (χ4n) is 1.85. The molecule has 1 atom stereocenters. The Kier molecular flexibility index (Phi) is 8.47. The van der Waals surface area contributed by atoms with Crippen LogP contribution >= 0.6 is 0 Å². The second-order valence-corrected chi connectivity index (χ2v) is 4.98. The van der Waals surface area contributed by atoms with Crippen molar-refractivity contribution in [2.75, 3.05) is 32.1 Å². The van der Waals surface area contributed by atoms with E-state index in [1.54, 1.807) is 0 Å². The van der Waals surface area contributed by atoms with E-state index in [0.717, 1.165) is 30.7 Å². The van der Waals surface area contributed by atoms with Crippen molar-refractivity contribution in [2.24, 2.45) is 0 Å². The normalized spacial score (nSPS) is 12.0. The van der Waals surface area contributed by atoms with Crippen molar-refractivity contribution >= 4 is 11.7 Å². The Hall–Kier alpha value is -1.59. The molecule has 0 aliphatic heterocycles. The van der Waals surface area contributed by atoms with E-state index in [1.165, 1.54) is 0 Å². The standard InChI is InChI=1S/C16H27N3O2/c1-4-10-21-11-6-9-18-16(20)19-15-8-5-7-14(12-15)13(2)17-3/h5,7-8,12-13,17H,4,6,9-11H2,1-3H3,(H2,18,19,20). The van der Waals surface area contributed by atoms with E-state index in [9.17, 15) is 4.79 Å². The highest BCUT2D eigenvalue weighted by Crippen LogP contribution is 2.16. The number of amides is 2. The van der Waals surface area contributed by atoms with Gasteiger partial charge in [-0.1, -0.05) is 19.1 Å². The van der Waals surface area contributed by atoms with E-state index in [0.29, 0.717) is 13.2 Å². The summed E-state index contributed by atoms with van der Waals surface area (Å²) < 4.78 is 5.36. The summed E-state index contributed by atoms with van der Waals surface area (Å²) in [5.41, 5.74) is 1.94. The number of hydrogen-bond acceptors (Lipinski definition) is 3. The highest BCUT2D eigenvalue weighted by atomic mass is 16.5. The maximum Gasteiger partial charge on any atom is 0.319 e. The molecular weight excluding hydrogens is 266 g/mol. The van der Waals surface area contributed by atoms with Gasteiger partial charge in [-0.05, 0) is 44.5 Å². The predicted octanol–water partition coefficient (Wildman–Crippen LogP) is 2.91.